The Morgan fingerprint density at radius 1 is 1.33 bits per heavy atom. The van der Waals surface area contributed by atoms with Gasteiger partial charge in [0.2, 0.25) is 15.9 Å². The van der Waals surface area contributed by atoms with E-state index in [1.54, 1.807) is 31.2 Å². The molecule has 1 aromatic heterocycles. The maximum atomic E-state index is 12.3. The van der Waals surface area contributed by atoms with Crippen molar-refractivity contribution in [2.75, 3.05) is 21.9 Å². The standard InChI is InChI=1S/C14H18N6O3S/c1-11(19-10-15-17-18-19)14(21)16-12-5-4-6-13(9-12)20-7-2-3-8-24(20,22)23/h4-6,9-11H,2-3,7-8H2,1H3,(H,16,21)/t11-/m0/s1. The van der Waals surface area contributed by atoms with E-state index in [9.17, 15) is 13.2 Å². The largest absolute Gasteiger partial charge is 0.324 e. The van der Waals surface area contributed by atoms with Gasteiger partial charge in [0.25, 0.3) is 0 Å². The Hall–Kier alpha value is -2.49. The second-order valence-corrected chi connectivity index (χ2v) is 7.61. The molecule has 1 aromatic carbocycles. The third-order valence-corrected chi connectivity index (χ3v) is 5.76. The number of rotatable bonds is 4. The second kappa shape index (κ2) is 6.56. The van der Waals surface area contributed by atoms with Gasteiger partial charge in [0.1, 0.15) is 12.4 Å². The predicted octanol–water partition coefficient (Wildman–Crippen LogP) is 0.803. The third-order valence-electron chi connectivity index (χ3n) is 3.89. The maximum absolute atomic E-state index is 12.3. The molecule has 1 amide bonds. The predicted molar refractivity (Wildman–Crippen MR) is 88.0 cm³/mol. The van der Waals surface area contributed by atoms with Gasteiger partial charge in [0.15, 0.2) is 0 Å². The lowest BCUT2D eigenvalue weighted by Gasteiger charge is -2.28. The molecule has 24 heavy (non-hydrogen) atoms. The Labute approximate surface area is 139 Å². The number of hydrogen-bond donors (Lipinski definition) is 1. The van der Waals surface area contributed by atoms with E-state index in [1.807, 2.05) is 0 Å². The zero-order valence-electron chi connectivity index (χ0n) is 13.2. The minimum Gasteiger partial charge on any atom is -0.324 e. The summed E-state index contributed by atoms with van der Waals surface area (Å²) in [5, 5.41) is 13.5. The Kier molecular flexibility index (Phi) is 4.47. The van der Waals surface area contributed by atoms with Crippen LogP contribution >= 0.6 is 0 Å². The Morgan fingerprint density at radius 2 is 2.17 bits per heavy atom. The van der Waals surface area contributed by atoms with Crippen molar-refractivity contribution in [1.29, 1.82) is 0 Å². The van der Waals surface area contributed by atoms with Crippen molar-refractivity contribution in [3.63, 3.8) is 0 Å². The van der Waals surface area contributed by atoms with Gasteiger partial charge >= 0.3 is 0 Å². The summed E-state index contributed by atoms with van der Waals surface area (Å²) >= 11 is 0. The molecule has 9 nitrogen and oxygen atoms in total. The van der Waals surface area contributed by atoms with Crippen LogP contribution < -0.4 is 9.62 Å². The van der Waals surface area contributed by atoms with Gasteiger partial charge in [-0.25, -0.2) is 13.1 Å². The minimum atomic E-state index is -3.28. The number of carbonyl (C=O) groups is 1. The topological polar surface area (TPSA) is 110 Å². The summed E-state index contributed by atoms with van der Waals surface area (Å²) in [5.41, 5.74) is 1.08. The Morgan fingerprint density at radius 3 is 2.88 bits per heavy atom. The van der Waals surface area contributed by atoms with Crippen LogP contribution in [0.25, 0.3) is 0 Å². The van der Waals surface area contributed by atoms with Crippen LogP contribution in [0.1, 0.15) is 25.8 Å². The smallest absolute Gasteiger partial charge is 0.249 e. The molecule has 1 N–H and O–H groups in total. The first-order valence-corrected chi connectivity index (χ1v) is 9.22. The van der Waals surface area contributed by atoms with Gasteiger partial charge in [-0.2, -0.15) is 0 Å². The molecule has 0 spiro atoms. The molecule has 0 bridgehead atoms. The Balaban J connectivity index is 1.77. The quantitative estimate of drug-likeness (QED) is 0.873. The molecule has 0 saturated carbocycles. The van der Waals surface area contributed by atoms with Crippen LogP contribution in [0.4, 0.5) is 11.4 Å². The average Bonchev–Trinajstić information content (AvgIpc) is 3.08. The van der Waals surface area contributed by atoms with E-state index in [4.69, 9.17) is 0 Å². The van der Waals surface area contributed by atoms with Crippen LogP contribution in [0.2, 0.25) is 0 Å². The normalized spacial score (nSPS) is 18.1. The maximum Gasteiger partial charge on any atom is 0.249 e. The molecule has 0 unspecified atom stereocenters. The summed E-state index contributed by atoms with van der Waals surface area (Å²) in [6.45, 7) is 2.13. The second-order valence-electron chi connectivity index (χ2n) is 5.60. The highest BCUT2D eigenvalue weighted by Gasteiger charge is 2.26. The van der Waals surface area contributed by atoms with Crippen molar-refractivity contribution in [3.05, 3.63) is 30.6 Å². The van der Waals surface area contributed by atoms with E-state index in [0.717, 1.165) is 6.42 Å². The van der Waals surface area contributed by atoms with E-state index in [2.05, 4.69) is 20.8 Å². The highest BCUT2D eigenvalue weighted by molar-refractivity contribution is 7.92. The molecule has 1 fully saturated rings. The first-order valence-electron chi connectivity index (χ1n) is 7.61. The lowest BCUT2D eigenvalue weighted by molar-refractivity contribution is -0.119. The number of carbonyl (C=O) groups excluding carboxylic acids is 1. The van der Waals surface area contributed by atoms with Crippen molar-refractivity contribution in [2.24, 2.45) is 0 Å². The highest BCUT2D eigenvalue weighted by Crippen LogP contribution is 2.26. The number of anilines is 2. The number of nitrogens with one attached hydrogen (secondary N) is 1. The fourth-order valence-electron chi connectivity index (χ4n) is 2.53. The van der Waals surface area contributed by atoms with Crippen LogP contribution in [0.3, 0.4) is 0 Å². The van der Waals surface area contributed by atoms with E-state index in [0.29, 0.717) is 24.3 Å². The molecule has 1 atom stereocenters. The summed E-state index contributed by atoms with van der Waals surface area (Å²) < 4.78 is 27.1. The highest BCUT2D eigenvalue weighted by atomic mass is 32.2. The minimum absolute atomic E-state index is 0.153. The Bertz CT molecular complexity index is 821. The molecule has 10 heteroatoms. The summed E-state index contributed by atoms with van der Waals surface area (Å²) in [4.78, 5) is 12.3. The van der Waals surface area contributed by atoms with Crippen LogP contribution in [0.5, 0.6) is 0 Å². The summed E-state index contributed by atoms with van der Waals surface area (Å²) in [5.74, 6) is -0.138. The number of nitrogens with zero attached hydrogens (tertiary/aromatic N) is 5. The fourth-order valence-corrected chi connectivity index (χ4v) is 4.16. The van der Waals surface area contributed by atoms with Gasteiger partial charge in [0.05, 0.1) is 11.4 Å². The van der Waals surface area contributed by atoms with Crippen molar-refractivity contribution >= 4 is 27.3 Å². The molecule has 1 saturated heterocycles. The summed E-state index contributed by atoms with van der Waals surface area (Å²) in [6.07, 6.45) is 2.87. The number of sulfonamides is 1. The molecule has 3 rings (SSSR count). The van der Waals surface area contributed by atoms with Gasteiger partial charge in [-0.3, -0.25) is 9.10 Å². The van der Waals surface area contributed by atoms with Crippen LogP contribution in [0, 0.1) is 0 Å². The van der Waals surface area contributed by atoms with Gasteiger partial charge in [0, 0.05) is 12.2 Å². The van der Waals surface area contributed by atoms with E-state index < -0.39 is 16.1 Å². The number of aromatic nitrogens is 4. The first kappa shape index (κ1) is 16.4. The number of amides is 1. The van der Waals surface area contributed by atoms with Crippen molar-refractivity contribution in [2.45, 2.75) is 25.8 Å². The molecule has 1 aliphatic heterocycles. The molecular weight excluding hydrogens is 332 g/mol. The van der Waals surface area contributed by atoms with Gasteiger partial charge in [-0.1, -0.05) is 6.07 Å². The molecule has 2 aromatic rings. The van der Waals surface area contributed by atoms with Crippen molar-refractivity contribution in [3.8, 4) is 0 Å². The monoisotopic (exact) mass is 350 g/mol. The zero-order valence-corrected chi connectivity index (χ0v) is 14.0. The SMILES string of the molecule is C[C@@H](C(=O)Nc1cccc(N2CCCCS2(=O)=O)c1)n1cnnn1. The van der Waals surface area contributed by atoms with Crippen LogP contribution in [-0.2, 0) is 14.8 Å². The summed E-state index contributed by atoms with van der Waals surface area (Å²) in [7, 11) is -3.28. The molecular formula is C14H18N6O3S. The molecule has 0 radical (unpaired) electrons. The first-order chi connectivity index (χ1) is 11.5. The average molecular weight is 350 g/mol. The molecule has 128 valence electrons. The lowest BCUT2D eigenvalue weighted by atomic mass is 10.2. The third kappa shape index (κ3) is 3.37. The molecule has 0 aliphatic carbocycles. The van der Waals surface area contributed by atoms with Gasteiger partial charge in [-0.05, 0) is 48.4 Å². The summed E-state index contributed by atoms with van der Waals surface area (Å²) in [6, 6.07) is 6.24. The van der Waals surface area contributed by atoms with Crippen LogP contribution in [0.15, 0.2) is 30.6 Å². The number of hydrogen-bond acceptors (Lipinski definition) is 6. The van der Waals surface area contributed by atoms with E-state index in [-0.39, 0.29) is 11.7 Å². The van der Waals surface area contributed by atoms with E-state index in [1.165, 1.54) is 15.3 Å². The number of tetrazole rings is 1. The van der Waals surface area contributed by atoms with Crippen LogP contribution in [-0.4, -0.2) is 46.8 Å². The fraction of sp³-hybridized carbons (Fsp3) is 0.429. The zero-order chi connectivity index (χ0) is 17.2. The number of benzene rings is 1. The van der Waals surface area contributed by atoms with Gasteiger partial charge < -0.3 is 5.32 Å². The van der Waals surface area contributed by atoms with Crippen molar-refractivity contribution < 1.29 is 13.2 Å². The molecule has 1 aliphatic rings. The van der Waals surface area contributed by atoms with E-state index >= 15 is 0 Å². The van der Waals surface area contributed by atoms with Crippen molar-refractivity contribution in [1.82, 2.24) is 20.2 Å². The molecule has 2 heterocycles. The lowest BCUT2D eigenvalue weighted by Crippen LogP contribution is -2.37. The van der Waals surface area contributed by atoms with Gasteiger partial charge in [-0.15, -0.1) is 5.10 Å².